The Bertz CT molecular complexity index is 424. The second-order valence-electron chi connectivity index (χ2n) is 6.03. The summed E-state index contributed by atoms with van der Waals surface area (Å²) in [6.45, 7) is 7.73. The highest BCUT2D eigenvalue weighted by molar-refractivity contribution is 5.88. The molecule has 0 radical (unpaired) electrons. The SMILES string of the molecule is COC[C@@H]1CCCN1C(=O)C1(C)C=C(C)CC=C1C. The molecule has 106 valence electrons. The molecule has 1 heterocycles. The number of nitrogens with zero attached hydrogens (tertiary/aromatic N) is 1. The van der Waals surface area contributed by atoms with Gasteiger partial charge in [0.15, 0.2) is 0 Å². The molecular weight excluding hydrogens is 238 g/mol. The first-order valence-electron chi connectivity index (χ1n) is 7.14. The van der Waals surface area contributed by atoms with E-state index in [1.807, 2.05) is 11.8 Å². The highest BCUT2D eigenvalue weighted by atomic mass is 16.5. The summed E-state index contributed by atoms with van der Waals surface area (Å²) in [6.07, 6.45) is 7.44. The van der Waals surface area contributed by atoms with Crippen molar-refractivity contribution >= 4 is 5.91 Å². The Morgan fingerprint density at radius 3 is 2.95 bits per heavy atom. The smallest absolute Gasteiger partial charge is 0.236 e. The van der Waals surface area contributed by atoms with Gasteiger partial charge in [0.05, 0.1) is 18.1 Å². The maximum Gasteiger partial charge on any atom is 0.236 e. The van der Waals surface area contributed by atoms with Gasteiger partial charge in [-0.05, 0) is 40.0 Å². The minimum Gasteiger partial charge on any atom is -0.383 e. The minimum atomic E-state index is -0.460. The number of ether oxygens (including phenoxy) is 1. The van der Waals surface area contributed by atoms with E-state index >= 15 is 0 Å². The van der Waals surface area contributed by atoms with Crippen molar-refractivity contribution in [2.45, 2.75) is 46.1 Å². The fourth-order valence-electron chi connectivity index (χ4n) is 3.19. The van der Waals surface area contributed by atoms with Gasteiger partial charge in [0.25, 0.3) is 0 Å². The van der Waals surface area contributed by atoms with Crippen LogP contribution < -0.4 is 0 Å². The van der Waals surface area contributed by atoms with E-state index in [0.29, 0.717) is 6.61 Å². The number of amides is 1. The third-order valence-electron chi connectivity index (χ3n) is 4.53. The van der Waals surface area contributed by atoms with Crippen LogP contribution in [0.1, 0.15) is 40.0 Å². The molecule has 0 N–H and O–H groups in total. The quantitative estimate of drug-likeness (QED) is 0.733. The molecular formula is C16H25NO2. The normalized spacial score (nSPS) is 31.2. The second-order valence-corrected chi connectivity index (χ2v) is 6.03. The van der Waals surface area contributed by atoms with E-state index in [1.165, 1.54) is 11.1 Å². The van der Waals surface area contributed by atoms with Gasteiger partial charge in [0, 0.05) is 13.7 Å². The molecule has 0 aromatic rings. The number of allylic oxidation sites excluding steroid dienone is 2. The van der Waals surface area contributed by atoms with Crippen LogP contribution in [0.5, 0.6) is 0 Å². The van der Waals surface area contributed by atoms with Gasteiger partial charge < -0.3 is 9.64 Å². The van der Waals surface area contributed by atoms with E-state index in [4.69, 9.17) is 4.74 Å². The molecule has 19 heavy (non-hydrogen) atoms. The molecule has 3 nitrogen and oxygen atoms in total. The van der Waals surface area contributed by atoms with Crippen LogP contribution in [0, 0.1) is 5.41 Å². The summed E-state index contributed by atoms with van der Waals surface area (Å²) in [5.41, 5.74) is 1.99. The van der Waals surface area contributed by atoms with Crippen LogP contribution in [0.15, 0.2) is 23.3 Å². The lowest BCUT2D eigenvalue weighted by Crippen LogP contribution is -2.46. The number of rotatable bonds is 3. The van der Waals surface area contributed by atoms with Crippen LogP contribution >= 0.6 is 0 Å². The number of carbonyl (C=O) groups is 1. The summed E-state index contributed by atoms with van der Waals surface area (Å²) in [4.78, 5) is 15.0. The van der Waals surface area contributed by atoms with Crippen LogP contribution in [0.3, 0.4) is 0 Å². The van der Waals surface area contributed by atoms with Gasteiger partial charge in [0.2, 0.25) is 5.91 Å². The first kappa shape index (κ1) is 14.3. The molecule has 2 rings (SSSR count). The zero-order chi connectivity index (χ0) is 14.0. The van der Waals surface area contributed by atoms with Crippen molar-refractivity contribution in [1.29, 1.82) is 0 Å². The maximum absolute atomic E-state index is 12.9. The average Bonchev–Trinajstić information content (AvgIpc) is 2.82. The summed E-state index contributed by atoms with van der Waals surface area (Å²) in [5.74, 6) is 0.236. The van der Waals surface area contributed by atoms with Crippen LogP contribution in [-0.4, -0.2) is 37.1 Å². The molecule has 0 aromatic heterocycles. The first-order chi connectivity index (χ1) is 8.99. The topological polar surface area (TPSA) is 29.5 Å². The summed E-state index contributed by atoms with van der Waals surface area (Å²) in [6, 6.07) is 0.248. The van der Waals surface area contributed by atoms with Crippen molar-refractivity contribution in [3.63, 3.8) is 0 Å². The van der Waals surface area contributed by atoms with Crippen molar-refractivity contribution in [3.8, 4) is 0 Å². The minimum absolute atomic E-state index is 0.236. The Morgan fingerprint density at radius 2 is 2.26 bits per heavy atom. The van der Waals surface area contributed by atoms with Gasteiger partial charge in [0.1, 0.15) is 0 Å². The number of likely N-dealkylation sites (tertiary alicyclic amines) is 1. The van der Waals surface area contributed by atoms with Gasteiger partial charge >= 0.3 is 0 Å². The lowest BCUT2D eigenvalue weighted by Gasteiger charge is -2.36. The Balaban J connectivity index is 2.22. The predicted octanol–water partition coefficient (Wildman–Crippen LogP) is 2.93. The summed E-state index contributed by atoms with van der Waals surface area (Å²) in [5, 5.41) is 0. The van der Waals surface area contributed by atoms with Crippen LogP contribution in [-0.2, 0) is 9.53 Å². The fourth-order valence-corrected chi connectivity index (χ4v) is 3.19. The molecule has 1 aliphatic carbocycles. The third-order valence-corrected chi connectivity index (χ3v) is 4.53. The molecule has 3 heteroatoms. The van der Waals surface area contributed by atoms with Crippen LogP contribution in [0.25, 0.3) is 0 Å². The van der Waals surface area contributed by atoms with Crippen molar-refractivity contribution in [2.24, 2.45) is 5.41 Å². The highest BCUT2D eigenvalue weighted by Gasteiger charge is 2.41. The van der Waals surface area contributed by atoms with Crippen molar-refractivity contribution in [3.05, 3.63) is 23.3 Å². The Kier molecular flexibility index (Phi) is 4.14. The van der Waals surface area contributed by atoms with E-state index in [2.05, 4.69) is 26.0 Å². The van der Waals surface area contributed by atoms with Crippen molar-refractivity contribution in [1.82, 2.24) is 4.90 Å². The van der Waals surface area contributed by atoms with Gasteiger partial charge in [-0.25, -0.2) is 0 Å². The second kappa shape index (κ2) is 5.49. The Hall–Kier alpha value is -1.09. The third kappa shape index (κ3) is 2.62. The molecule has 2 aliphatic rings. The Morgan fingerprint density at radius 1 is 1.53 bits per heavy atom. The molecule has 1 unspecified atom stereocenters. The number of hydrogen-bond donors (Lipinski definition) is 0. The Labute approximate surface area is 116 Å². The van der Waals surface area contributed by atoms with E-state index in [0.717, 1.165) is 25.8 Å². The monoisotopic (exact) mass is 263 g/mol. The average molecular weight is 263 g/mol. The number of carbonyl (C=O) groups excluding carboxylic acids is 1. The predicted molar refractivity (Wildman–Crippen MR) is 76.8 cm³/mol. The molecule has 1 saturated heterocycles. The van der Waals surface area contributed by atoms with Crippen LogP contribution in [0.2, 0.25) is 0 Å². The zero-order valence-electron chi connectivity index (χ0n) is 12.5. The van der Waals surface area contributed by atoms with Gasteiger partial charge in [-0.3, -0.25) is 4.79 Å². The molecule has 0 saturated carbocycles. The fraction of sp³-hybridized carbons (Fsp3) is 0.688. The molecule has 0 bridgehead atoms. The summed E-state index contributed by atoms with van der Waals surface area (Å²) in [7, 11) is 1.71. The number of hydrogen-bond acceptors (Lipinski definition) is 2. The van der Waals surface area contributed by atoms with E-state index in [-0.39, 0.29) is 11.9 Å². The van der Waals surface area contributed by atoms with Gasteiger partial charge in [-0.15, -0.1) is 0 Å². The molecule has 0 aromatic carbocycles. The van der Waals surface area contributed by atoms with Gasteiger partial charge in [-0.2, -0.15) is 0 Å². The van der Waals surface area contributed by atoms with E-state index in [1.54, 1.807) is 7.11 Å². The molecule has 1 amide bonds. The van der Waals surface area contributed by atoms with Crippen LogP contribution in [0.4, 0.5) is 0 Å². The lowest BCUT2D eigenvalue weighted by atomic mass is 9.76. The molecule has 2 atom stereocenters. The van der Waals surface area contributed by atoms with Gasteiger partial charge in [-0.1, -0.05) is 23.3 Å². The number of methoxy groups -OCH3 is 1. The molecule has 1 aliphatic heterocycles. The summed E-state index contributed by atoms with van der Waals surface area (Å²) < 4.78 is 5.25. The standard InChI is InChI=1S/C16H25NO2/c1-12-7-8-13(2)16(3,10-12)15(18)17-9-5-6-14(17)11-19-4/h8,10,14H,5-7,9,11H2,1-4H3/t14-,16?/m0/s1. The first-order valence-corrected chi connectivity index (χ1v) is 7.14. The largest absolute Gasteiger partial charge is 0.383 e. The summed E-state index contributed by atoms with van der Waals surface area (Å²) >= 11 is 0. The van der Waals surface area contributed by atoms with E-state index in [9.17, 15) is 4.79 Å². The van der Waals surface area contributed by atoms with E-state index < -0.39 is 5.41 Å². The maximum atomic E-state index is 12.9. The lowest BCUT2D eigenvalue weighted by molar-refractivity contribution is -0.138. The molecule has 0 spiro atoms. The highest BCUT2D eigenvalue weighted by Crippen LogP contribution is 2.38. The zero-order valence-corrected chi connectivity index (χ0v) is 12.5. The van der Waals surface area contributed by atoms with Crippen molar-refractivity contribution < 1.29 is 9.53 Å². The molecule has 1 fully saturated rings. The van der Waals surface area contributed by atoms with Crippen molar-refractivity contribution in [2.75, 3.05) is 20.3 Å².